The van der Waals surface area contributed by atoms with Crippen molar-refractivity contribution in [2.24, 2.45) is 0 Å². The first-order valence-corrected chi connectivity index (χ1v) is 7.17. The molecule has 0 spiro atoms. The standard InChI is InChI=1S/C12H12BrClN2O3/c13-9-2-1-3-10(9)15-12(17)8-5-4-7(14)6-11(8)16(18)19/h4-6,9-10H,1-3H2,(H,15,17). The lowest BCUT2D eigenvalue weighted by atomic mass is 10.1. The number of amides is 1. The van der Waals surface area contributed by atoms with Gasteiger partial charge in [0.15, 0.2) is 0 Å². The topological polar surface area (TPSA) is 72.2 Å². The number of carbonyl (C=O) groups excluding carboxylic acids is 1. The van der Waals surface area contributed by atoms with Gasteiger partial charge in [0.2, 0.25) is 0 Å². The second-order valence-corrected chi connectivity index (χ2v) is 6.06. The molecule has 19 heavy (non-hydrogen) atoms. The number of halogens is 2. The predicted octanol–water partition coefficient (Wildman–Crippen LogP) is 3.29. The maximum absolute atomic E-state index is 12.1. The van der Waals surface area contributed by atoms with Crippen molar-refractivity contribution in [1.82, 2.24) is 5.32 Å². The van der Waals surface area contributed by atoms with Crippen LogP contribution in [0.3, 0.4) is 0 Å². The molecule has 102 valence electrons. The Hall–Kier alpha value is -1.14. The molecular weight excluding hydrogens is 336 g/mol. The van der Waals surface area contributed by atoms with Crippen LogP contribution >= 0.6 is 27.5 Å². The fourth-order valence-corrected chi connectivity index (χ4v) is 3.06. The van der Waals surface area contributed by atoms with Gasteiger partial charge in [-0.3, -0.25) is 14.9 Å². The lowest BCUT2D eigenvalue weighted by Gasteiger charge is -2.16. The fraction of sp³-hybridized carbons (Fsp3) is 0.417. The third-order valence-corrected chi connectivity index (χ3v) is 4.48. The molecule has 1 saturated carbocycles. The molecule has 1 aliphatic rings. The van der Waals surface area contributed by atoms with Crippen molar-refractivity contribution in [2.45, 2.75) is 30.1 Å². The molecule has 7 heteroatoms. The Morgan fingerprint density at radius 1 is 1.47 bits per heavy atom. The average molecular weight is 348 g/mol. The van der Waals surface area contributed by atoms with Gasteiger partial charge in [0.1, 0.15) is 5.56 Å². The number of nitrogens with zero attached hydrogens (tertiary/aromatic N) is 1. The molecule has 1 amide bonds. The molecule has 0 aliphatic heterocycles. The monoisotopic (exact) mass is 346 g/mol. The van der Waals surface area contributed by atoms with Crippen LogP contribution in [0.4, 0.5) is 5.69 Å². The molecule has 0 aromatic heterocycles. The molecule has 0 heterocycles. The van der Waals surface area contributed by atoms with Crippen molar-refractivity contribution in [1.29, 1.82) is 0 Å². The van der Waals surface area contributed by atoms with E-state index in [2.05, 4.69) is 21.2 Å². The third kappa shape index (κ3) is 3.25. The minimum Gasteiger partial charge on any atom is -0.348 e. The SMILES string of the molecule is O=C(NC1CCCC1Br)c1ccc(Cl)cc1[N+](=O)[O-]. The number of rotatable bonds is 3. The molecule has 1 aliphatic carbocycles. The fourth-order valence-electron chi connectivity index (χ4n) is 2.17. The van der Waals surface area contributed by atoms with Crippen LogP contribution in [0.15, 0.2) is 18.2 Å². The van der Waals surface area contributed by atoms with Gasteiger partial charge >= 0.3 is 0 Å². The number of carbonyl (C=O) groups is 1. The minimum absolute atomic E-state index is 0.0165. The van der Waals surface area contributed by atoms with E-state index in [1.165, 1.54) is 18.2 Å². The number of benzene rings is 1. The van der Waals surface area contributed by atoms with E-state index in [0.717, 1.165) is 19.3 Å². The van der Waals surface area contributed by atoms with E-state index in [4.69, 9.17) is 11.6 Å². The molecule has 2 rings (SSSR count). The lowest BCUT2D eigenvalue weighted by Crippen LogP contribution is -2.37. The Bertz CT molecular complexity index is 524. The highest BCUT2D eigenvalue weighted by molar-refractivity contribution is 9.09. The van der Waals surface area contributed by atoms with Crippen LogP contribution in [-0.2, 0) is 0 Å². The summed E-state index contributed by atoms with van der Waals surface area (Å²) >= 11 is 9.21. The summed E-state index contributed by atoms with van der Waals surface area (Å²) in [6.45, 7) is 0. The maximum Gasteiger partial charge on any atom is 0.283 e. The quantitative estimate of drug-likeness (QED) is 0.518. The Balaban J connectivity index is 2.21. The molecule has 1 aromatic carbocycles. The smallest absolute Gasteiger partial charge is 0.283 e. The van der Waals surface area contributed by atoms with Gasteiger partial charge in [-0.15, -0.1) is 0 Å². The molecule has 0 radical (unpaired) electrons. The predicted molar refractivity (Wildman–Crippen MR) is 75.9 cm³/mol. The molecule has 0 bridgehead atoms. The van der Waals surface area contributed by atoms with Gasteiger partial charge in [-0.25, -0.2) is 0 Å². The summed E-state index contributed by atoms with van der Waals surface area (Å²) in [5.74, 6) is -0.431. The van der Waals surface area contributed by atoms with Gasteiger partial charge in [0.05, 0.1) is 4.92 Å². The van der Waals surface area contributed by atoms with E-state index in [9.17, 15) is 14.9 Å². The van der Waals surface area contributed by atoms with Crippen molar-refractivity contribution < 1.29 is 9.72 Å². The Labute approximate surface area is 123 Å². The van der Waals surface area contributed by atoms with Gasteiger partial charge in [0, 0.05) is 22.0 Å². The summed E-state index contributed by atoms with van der Waals surface area (Å²) in [5.41, 5.74) is -0.227. The zero-order valence-electron chi connectivity index (χ0n) is 9.94. The molecule has 0 saturated heterocycles. The van der Waals surface area contributed by atoms with E-state index in [0.29, 0.717) is 0 Å². The Morgan fingerprint density at radius 3 is 2.79 bits per heavy atom. The van der Waals surface area contributed by atoms with E-state index in [1.807, 2.05) is 0 Å². The van der Waals surface area contributed by atoms with Crippen molar-refractivity contribution >= 4 is 39.1 Å². The molecule has 1 N–H and O–H groups in total. The van der Waals surface area contributed by atoms with Crippen molar-refractivity contribution in [3.05, 3.63) is 38.9 Å². The summed E-state index contributed by atoms with van der Waals surface area (Å²) in [6, 6.07) is 4.07. The van der Waals surface area contributed by atoms with E-state index >= 15 is 0 Å². The molecule has 1 fully saturated rings. The normalized spacial score (nSPS) is 22.2. The van der Waals surface area contributed by atoms with Crippen LogP contribution < -0.4 is 5.32 Å². The number of hydrogen-bond acceptors (Lipinski definition) is 3. The van der Waals surface area contributed by atoms with Crippen LogP contribution in [0, 0.1) is 10.1 Å². The zero-order valence-corrected chi connectivity index (χ0v) is 12.3. The Kier molecular flexibility index (Phi) is 4.42. The second-order valence-electron chi connectivity index (χ2n) is 4.45. The van der Waals surface area contributed by atoms with Crippen LogP contribution in [-0.4, -0.2) is 21.7 Å². The van der Waals surface area contributed by atoms with E-state index < -0.39 is 10.8 Å². The van der Waals surface area contributed by atoms with Crippen LogP contribution in [0.25, 0.3) is 0 Å². The first-order valence-electron chi connectivity index (χ1n) is 5.88. The van der Waals surface area contributed by atoms with Gasteiger partial charge in [-0.05, 0) is 25.0 Å². The number of nitrogens with one attached hydrogen (secondary N) is 1. The van der Waals surface area contributed by atoms with Crippen LogP contribution in [0.5, 0.6) is 0 Å². The first-order chi connectivity index (χ1) is 8.99. The number of nitro groups is 1. The van der Waals surface area contributed by atoms with Gasteiger partial charge < -0.3 is 5.32 Å². The Morgan fingerprint density at radius 2 is 2.21 bits per heavy atom. The molecule has 1 aromatic rings. The van der Waals surface area contributed by atoms with Crippen LogP contribution in [0.2, 0.25) is 5.02 Å². The summed E-state index contributed by atoms with van der Waals surface area (Å²) in [5, 5.41) is 14.0. The summed E-state index contributed by atoms with van der Waals surface area (Å²) in [4.78, 5) is 22.7. The third-order valence-electron chi connectivity index (χ3n) is 3.15. The molecule has 5 nitrogen and oxygen atoms in total. The van der Waals surface area contributed by atoms with Crippen molar-refractivity contribution in [2.75, 3.05) is 0 Å². The van der Waals surface area contributed by atoms with E-state index in [1.54, 1.807) is 0 Å². The van der Waals surface area contributed by atoms with Gasteiger partial charge in [0.25, 0.3) is 11.6 Å². The highest BCUT2D eigenvalue weighted by Crippen LogP contribution is 2.27. The van der Waals surface area contributed by atoms with Crippen molar-refractivity contribution in [3.8, 4) is 0 Å². The zero-order chi connectivity index (χ0) is 14.0. The molecule has 2 unspecified atom stereocenters. The summed E-state index contributed by atoms with van der Waals surface area (Å²) in [6.07, 6.45) is 2.90. The number of nitro benzene ring substituents is 1. The second kappa shape index (κ2) is 5.88. The van der Waals surface area contributed by atoms with Gasteiger partial charge in [-0.1, -0.05) is 34.0 Å². The summed E-state index contributed by atoms with van der Waals surface area (Å²) < 4.78 is 0. The molecular formula is C12H12BrClN2O3. The average Bonchev–Trinajstić information content (AvgIpc) is 2.74. The molecule has 2 atom stereocenters. The number of alkyl halides is 1. The number of hydrogen-bond donors (Lipinski definition) is 1. The van der Waals surface area contributed by atoms with Gasteiger partial charge in [-0.2, -0.15) is 0 Å². The highest BCUT2D eigenvalue weighted by atomic mass is 79.9. The maximum atomic E-state index is 12.1. The summed E-state index contributed by atoms with van der Waals surface area (Å²) in [7, 11) is 0. The highest BCUT2D eigenvalue weighted by Gasteiger charge is 2.29. The largest absolute Gasteiger partial charge is 0.348 e. The first kappa shape index (κ1) is 14.3. The van der Waals surface area contributed by atoms with E-state index in [-0.39, 0.29) is 27.1 Å². The van der Waals surface area contributed by atoms with Crippen LogP contribution in [0.1, 0.15) is 29.6 Å². The minimum atomic E-state index is -0.596. The lowest BCUT2D eigenvalue weighted by molar-refractivity contribution is -0.385. The van der Waals surface area contributed by atoms with Crippen molar-refractivity contribution in [3.63, 3.8) is 0 Å².